The molecule has 2 rings (SSSR count). The third-order valence-corrected chi connectivity index (χ3v) is 2.78. The van der Waals surface area contributed by atoms with E-state index in [2.05, 4.69) is 42.3 Å². The van der Waals surface area contributed by atoms with Gasteiger partial charge in [0, 0.05) is 6.21 Å². The lowest BCUT2D eigenvalue weighted by Crippen LogP contribution is -1.81. The minimum absolute atomic E-state index is 0.736. The average Bonchev–Trinajstić information content (AvgIpc) is 2.45. The lowest BCUT2D eigenvalue weighted by atomic mass is 10.1. The molecule has 0 unspecified atom stereocenters. The summed E-state index contributed by atoms with van der Waals surface area (Å²) in [7, 11) is 0. The number of benzene rings is 2. The summed E-state index contributed by atoms with van der Waals surface area (Å²) in [4.78, 5) is 4.41. The van der Waals surface area contributed by atoms with Crippen LogP contribution in [0.5, 0.6) is 0 Å². The minimum Gasteiger partial charge on any atom is -0.288 e. The largest absolute Gasteiger partial charge is 0.288 e. The molecule has 0 amide bonds. The number of hydrogen-bond donors (Lipinski definition) is 0. The van der Waals surface area contributed by atoms with Crippen LogP contribution in [0.15, 0.2) is 71.7 Å². The van der Waals surface area contributed by atoms with Crippen molar-refractivity contribution in [2.45, 2.75) is 13.5 Å². The Bertz CT molecular complexity index is 524. The summed E-state index contributed by atoms with van der Waals surface area (Å²) in [6, 6.07) is 20.6. The van der Waals surface area contributed by atoms with E-state index in [9.17, 15) is 0 Å². The molecule has 0 bridgehead atoms. The van der Waals surface area contributed by atoms with E-state index >= 15 is 0 Å². The molecule has 2 aromatic rings. The van der Waals surface area contributed by atoms with Crippen molar-refractivity contribution in [3.05, 3.63) is 77.9 Å². The highest BCUT2D eigenvalue weighted by molar-refractivity contribution is 5.83. The Morgan fingerprint density at radius 2 is 1.56 bits per heavy atom. The van der Waals surface area contributed by atoms with Gasteiger partial charge in [-0.1, -0.05) is 60.7 Å². The zero-order chi connectivity index (χ0) is 12.6. The van der Waals surface area contributed by atoms with Crippen LogP contribution in [0.25, 0.3) is 5.57 Å². The van der Waals surface area contributed by atoms with Crippen molar-refractivity contribution >= 4 is 11.8 Å². The van der Waals surface area contributed by atoms with E-state index in [1.165, 1.54) is 16.7 Å². The standard InChI is InChI=1S/C17H17N/c1-15(17-10-6-3-7-11-17)12-13-18-14-16-8-4-2-5-9-16/h2-13H,14H2,1H3/b15-12+,18-13-. The van der Waals surface area contributed by atoms with Gasteiger partial charge >= 0.3 is 0 Å². The maximum atomic E-state index is 4.41. The predicted molar refractivity (Wildman–Crippen MR) is 78.7 cm³/mol. The van der Waals surface area contributed by atoms with Crippen LogP contribution >= 0.6 is 0 Å². The molecule has 0 spiro atoms. The van der Waals surface area contributed by atoms with Gasteiger partial charge in [-0.05, 0) is 29.7 Å². The second-order valence-corrected chi connectivity index (χ2v) is 4.19. The van der Waals surface area contributed by atoms with E-state index < -0.39 is 0 Å². The minimum atomic E-state index is 0.736. The van der Waals surface area contributed by atoms with Gasteiger partial charge in [0.2, 0.25) is 0 Å². The van der Waals surface area contributed by atoms with Gasteiger partial charge in [0.05, 0.1) is 6.54 Å². The third kappa shape index (κ3) is 3.70. The fourth-order valence-corrected chi connectivity index (χ4v) is 1.70. The molecule has 0 heterocycles. The van der Waals surface area contributed by atoms with E-state index in [0.29, 0.717) is 0 Å². The molecule has 0 saturated heterocycles. The van der Waals surface area contributed by atoms with Gasteiger partial charge in [0.1, 0.15) is 0 Å². The van der Waals surface area contributed by atoms with Crippen LogP contribution in [0, 0.1) is 0 Å². The van der Waals surface area contributed by atoms with Crippen LogP contribution in [0.3, 0.4) is 0 Å². The van der Waals surface area contributed by atoms with E-state index in [1.54, 1.807) is 0 Å². The molecule has 0 N–H and O–H groups in total. The highest BCUT2D eigenvalue weighted by atomic mass is 14.7. The molecule has 0 aliphatic heterocycles. The molecule has 1 heteroatoms. The number of hydrogen-bond acceptors (Lipinski definition) is 1. The number of aliphatic imine (C=N–C) groups is 1. The highest BCUT2D eigenvalue weighted by Crippen LogP contribution is 2.11. The lowest BCUT2D eigenvalue weighted by molar-refractivity contribution is 1.08. The van der Waals surface area contributed by atoms with Crippen molar-refractivity contribution in [2.75, 3.05) is 0 Å². The smallest absolute Gasteiger partial charge is 0.0639 e. The molecule has 90 valence electrons. The van der Waals surface area contributed by atoms with Crippen molar-refractivity contribution in [1.82, 2.24) is 0 Å². The first kappa shape index (κ1) is 12.3. The average molecular weight is 235 g/mol. The molecule has 2 aromatic carbocycles. The molecule has 0 radical (unpaired) electrons. The Morgan fingerprint density at radius 3 is 2.22 bits per heavy atom. The summed E-state index contributed by atoms with van der Waals surface area (Å²) in [5.41, 5.74) is 3.70. The molecule has 0 aliphatic rings. The van der Waals surface area contributed by atoms with Crippen LogP contribution in [0.1, 0.15) is 18.1 Å². The second kappa shape index (κ2) is 6.55. The summed E-state index contributed by atoms with van der Waals surface area (Å²) in [6.07, 6.45) is 3.94. The van der Waals surface area contributed by atoms with Crippen LogP contribution in [-0.2, 0) is 6.54 Å². The molecule has 0 fully saturated rings. The lowest BCUT2D eigenvalue weighted by Gasteiger charge is -1.98. The van der Waals surface area contributed by atoms with Gasteiger partial charge in [0.15, 0.2) is 0 Å². The Morgan fingerprint density at radius 1 is 0.944 bits per heavy atom. The molecule has 18 heavy (non-hydrogen) atoms. The summed E-state index contributed by atoms with van der Waals surface area (Å²) in [5.74, 6) is 0. The van der Waals surface area contributed by atoms with Crippen LogP contribution in [0.4, 0.5) is 0 Å². The van der Waals surface area contributed by atoms with Gasteiger partial charge < -0.3 is 0 Å². The third-order valence-electron chi connectivity index (χ3n) is 2.78. The van der Waals surface area contributed by atoms with E-state index in [0.717, 1.165) is 6.54 Å². The molecule has 0 saturated carbocycles. The number of rotatable bonds is 4. The predicted octanol–water partition coefficient (Wildman–Crippen LogP) is 4.36. The maximum absolute atomic E-state index is 4.41. The molecular formula is C17H17N. The molecule has 0 aliphatic carbocycles. The van der Waals surface area contributed by atoms with Crippen molar-refractivity contribution in [2.24, 2.45) is 4.99 Å². The van der Waals surface area contributed by atoms with Crippen molar-refractivity contribution in [1.29, 1.82) is 0 Å². The van der Waals surface area contributed by atoms with E-state index in [1.807, 2.05) is 42.6 Å². The van der Waals surface area contributed by atoms with Crippen molar-refractivity contribution in [3.8, 4) is 0 Å². The summed E-state index contributed by atoms with van der Waals surface area (Å²) in [6.45, 7) is 2.84. The number of allylic oxidation sites excluding steroid dienone is 2. The zero-order valence-electron chi connectivity index (χ0n) is 10.6. The zero-order valence-corrected chi connectivity index (χ0v) is 10.6. The second-order valence-electron chi connectivity index (χ2n) is 4.19. The van der Waals surface area contributed by atoms with Crippen molar-refractivity contribution < 1.29 is 0 Å². The van der Waals surface area contributed by atoms with E-state index in [-0.39, 0.29) is 0 Å². The first-order valence-corrected chi connectivity index (χ1v) is 6.12. The van der Waals surface area contributed by atoms with Gasteiger partial charge in [-0.15, -0.1) is 0 Å². The topological polar surface area (TPSA) is 12.4 Å². The Labute approximate surface area is 109 Å². The fourth-order valence-electron chi connectivity index (χ4n) is 1.70. The summed E-state index contributed by atoms with van der Waals surface area (Å²) in [5, 5.41) is 0. The fraction of sp³-hybridized carbons (Fsp3) is 0.118. The summed E-state index contributed by atoms with van der Waals surface area (Å²) >= 11 is 0. The quantitative estimate of drug-likeness (QED) is 0.698. The Hall–Kier alpha value is -2.15. The Balaban J connectivity index is 1.95. The SMILES string of the molecule is C/C(=C\C=N/Cc1ccccc1)c1ccccc1. The number of nitrogens with zero attached hydrogens (tertiary/aromatic N) is 1. The molecule has 0 atom stereocenters. The van der Waals surface area contributed by atoms with Gasteiger partial charge in [-0.2, -0.15) is 0 Å². The van der Waals surface area contributed by atoms with Crippen LogP contribution in [0.2, 0.25) is 0 Å². The monoisotopic (exact) mass is 235 g/mol. The highest BCUT2D eigenvalue weighted by Gasteiger charge is 1.91. The van der Waals surface area contributed by atoms with Gasteiger partial charge in [-0.3, -0.25) is 4.99 Å². The summed E-state index contributed by atoms with van der Waals surface area (Å²) < 4.78 is 0. The molecule has 1 nitrogen and oxygen atoms in total. The Kier molecular flexibility index (Phi) is 4.48. The molecule has 0 aromatic heterocycles. The first-order valence-electron chi connectivity index (χ1n) is 6.12. The van der Waals surface area contributed by atoms with E-state index in [4.69, 9.17) is 0 Å². The normalized spacial score (nSPS) is 11.9. The van der Waals surface area contributed by atoms with Gasteiger partial charge in [-0.25, -0.2) is 0 Å². The first-order chi connectivity index (χ1) is 8.86. The van der Waals surface area contributed by atoms with Crippen LogP contribution < -0.4 is 0 Å². The van der Waals surface area contributed by atoms with Gasteiger partial charge in [0.25, 0.3) is 0 Å². The molecular weight excluding hydrogens is 218 g/mol. The van der Waals surface area contributed by atoms with Crippen molar-refractivity contribution in [3.63, 3.8) is 0 Å². The maximum Gasteiger partial charge on any atom is 0.0639 e. The van der Waals surface area contributed by atoms with Crippen LogP contribution in [-0.4, -0.2) is 6.21 Å².